The lowest BCUT2D eigenvalue weighted by Crippen LogP contribution is -2.52. The smallest absolute Gasteiger partial charge is 0.0575 e. The van der Waals surface area contributed by atoms with Crippen LogP contribution in [0.5, 0.6) is 0 Å². The van der Waals surface area contributed by atoms with Gasteiger partial charge in [-0.15, -0.1) is 0 Å². The minimum absolute atomic E-state index is 0.402. The zero-order valence-corrected chi connectivity index (χ0v) is 11.6. The molecule has 2 nitrogen and oxygen atoms in total. The third-order valence-corrected chi connectivity index (χ3v) is 4.82. The highest BCUT2D eigenvalue weighted by Gasteiger charge is 2.35. The molecule has 0 amide bonds. The molecule has 17 heavy (non-hydrogen) atoms. The molecule has 0 aromatic carbocycles. The molecule has 0 aliphatic carbocycles. The van der Waals surface area contributed by atoms with E-state index in [1.807, 2.05) is 0 Å². The zero-order chi connectivity index (χ0) is 12.1. The van der Waals surface area contributed by atoms with Crippen molar-refractivity contribution in [3.63, 3.8) is 0 Å². The van der Waals surface area contributed by atoms with Gasteiger partial charge in [-0.25, -0.2) is 0 Å². The van der Waals surface area contributed by atoms with Crippen molar-refractivity contribution in [3.05, 3.63) is 0 Å². The van der Waals surface area contributed by atoms with Gasteiger partial charge in [0.15, 0.2) is 0 Å². The van der Waals surface area contributed by atoms with Crippen molar-refractivity contribution in [2.24, 2.45) is 5.92 Å². The first kappa shape index (κ1) is 13.4. The molecule has 2 aliphatic rings. The molecule has 0 saturated carbocycles. The van der Waals surface area contributed by atoms with Crippen molar-refractivity contribution in [2.75, 3.05) is 13.2 Å². The molecule has 2 heteroatoms. The number of piperidine rings is 1. The summed E-state index contributed by atoms with van der Waals surface area (Å²) in [5.74, 6) is 0.742. The second-order valence-corrected chi connectivity index (χ2v) is 6.22. The van der Waals surface area contributed by atoms with Crippen LogP contribution in [0.25, 0.3) is 0 Å². The Morgan fingerprint density at radius 1 is 1.24 bits per heavy atom. The largest absolute Gasteiger partial charge is 0.378 e. The molecule has 2 rings (SSSR count). The molecular weight excluding hydrogens is 210 g/mol. The molecule has 2 atom stereocenters. The van der Waals surface area contributed by atoms with Gasteiger partial charge in [-0.2, -0.15) is 0 Å². The summed E-state index contributed by atoms with van der Waals surface area (Å²) in [6, 6.07) is 0. The second-order valence-electron chi connectivity index (χ2n) is 6.22. The lowest BCUT2D eigenvalue weighted by molar-refractivity contribution is 0.00117. The fraction of sp³-hybridized carbons (Fsp3) is 1.00. The fourth-order valence-electron chi connectivity index (χ4n) is 3.44. The van der Waals surface area contributed by atoms with Gasteiger partial charge in [0.2, 0.25) is 0 Å². The highest BCUT2D eigenvalue weighted by molar-refractivity contribution is 4.94. The lowest BCUT2D eigenvalue weighted by Gasteiger charge is -2.43. The number of hydrogen-bond acceptors (Lipinski definition) is 2. The summed E-state index contributed by atoms with van der Waals surface area (Å²) in [6.45, 7) is 6.95. The summed E-state index contributed by atoms with van der Waals surface area (Å²) >= 11 is 0. The highest BCUT2D eigenvalue weighted by atomic mass is 16.5. The number of ether oxygens (including phenoxy) is 1. The molecule has 1 N–H and O–H groups in total. The van der Waals surface area contributed by atoms with E-state index in [1.165, 1.54) is 57.9 Å². The van der Waals surface area contributed by atoms with E-state index in [0.717, 1.165) is 12.5 Å². The van der Waals surface area contributed by atoms with Crippen molar-refractivity contribution in [1.82, 2.24) is 5.32 Å². The quantitative estimate of drug-likeness (QED) is 0.810. The van der Waals surface area contributed by atoms with E-state index in [2.05, 4.69) is 19.2 Å². The topological polar surface area (TPSA) is 21.3 Å². The van der Waals surface area contributed by atoms with Crippen LogP contribution >= 0.6 is 0 Å². The number of nitrogens with one attached hydrogen (secondary N) is 1. The van der Waals surface area contributed by atoms with Gasteiger partial charge in [0, 0.05) is 12.1 Å². The third-order valence-electron chi connectivity index (χ3n) is 4.82. The summed E-state index contributed by atoms with van der Waals surface area (Å²) < 4.78 is 5.87. The van der Waals surface area contributed by atoms with Crippen molar-refractivity contribution in [2.45, 2.75) is 76.9 Å². The minimum Gasteiger partial charge on any atom is -0.378 e. The molecule has 2 aliphatic heterocycles. The Hall–Kier alpha value is -0.0800. The Kier molecular flexibility index (Phi) is 4.87. The molecule has 0 bridgehead atoms. The molecule has 100 valence electrons. The molecule has 0 aromatic heterocycles. The second kappa shape index (κ2) is 6.19. The molecule has 0 spiro atoms. The molecule has 2 heterocycles. The zero-order valence-electron chi connectivity index (χ0n) is 11.6. The summed E-state index contributed by atoms with van der Waals surface area (Å²) in [4.78, 5) is 0. The van der Waals surface area contributed by atoms with Gasteiger partial charge in [-0.1, -0.05) is 20.3 Å². The van der Waals surface area contributed by atoms with E-state index < -0.39 is 0 Å². The van der Waals surface area contributed by atoms with Gasteiger partial charge >= 0.3 is 0 Å². The first-order valence-electron chi connectivity index (χ1n) is 7.59. The maximum Gasteiger partial charge on any atom is 0.0575 e. The Balaban J connectivity index is 1.84. The van der Waals surface area contributed by atoms with Crippen molar-refractivity contribution >= 4 is 0 Å². The van der Waals surface area contributed by atoms with E-state index in [-0.39, 0.29) is 0 Å². The average molecular weight is 239 g/mol. The van der Waals surface area contributed by atoms with Crippen LogP contribution in [-0.4, -0.2) is 24.8 Å². The van der Waals surface area contributed by atoms with Crippen LogP contribution in [0.3, 0.4) is 0 Å². The first-order valence-corrected chi connectivity index (χ1v) is 7.59. The van der Waals surface area contributed by atoms with E-state index in [9.17, 15) is 0 Å². The van der Waals surface area contributed by atoms with Gasteiger partial charge in [-0.3, -0.25) is 0 Å². The molecular formula is C15H29NO. The van der Waals surface area contributed by atoms with E-state index in [4.69, 9.17) is 4.74 Å². The van der Waals surface area contributed by atoms with E-state index in [0.29, 0.717) is 11.6 Å². The van der Waals surface area contributed by atoms with Gasteiger partial charge in [0.1, 0.15) is 0 Å². The van der Waals surface area contributed by atoms with Crippen LogP contribution in [-0.2, 0) is 4.74 Å². The lowest BCUT2D eigenvalue weighted by atomic mass is 9.75. The summed E-state index contributed by atoms with van der Waals surface area (Å²) in [5.41, 5.74) is 0.402. The van der Waals surface area contributed by atoms with Crippen LogP contribution in [0, 0.1) is 5.92 Å². The predicted molar refractivity (Wildman–Crippen MR) is 72.2 cm³/mol. The summed E-state index contributed by atoms with van der Waals surface area (Å²) in [6.07, 6.45) is 11.1. The standard InChI is InChI=1S/C15H29NO/c1-13(2)15(9-4-5-11-16-15)10-8-14-7-3-6-12-17-14/h13-14,16H,3-12H2,1-2H3. The Labute approximate surface area is 107 Å². The average Bonchev–Trinajstić information content (AvgIpc) is 2.38. The summed E-state index contributed by atoms with van der Waals surface area (Å²) in [5, 5.41) is 3.82. The highest BCUT2D eigenvalue weighted by Crippen LogP contribution is 2.33. The molecule has 0 radical (unpaired) electrons. The van der Waals surface area contributed by atoms with Gasteiger partial charge in [-0.05, 0) is 57.4 Å². The van der Waals surface area contributed by atoms with E-state index >= 15 is 0 Å². The first-order chi connectivity index (χ1) is 8.23. The Morgan fingerprint density at radius 2 is 2.12 bits per heavy atom. The van der Waals surface area contributed by atoms with Crippen LogP contribution < -0.4 is 5.32 Å². The number of rotatable bonds is 4. The Morgan fingerprint density at radius 3 is 2.71 bits per heavy atom. The van der Waals surface area contributed by atoms with E-state index in [1.54, 1.807) is 0 Å². The third kappa shape index (κ3) is 3.45. The molecule has 2 unspecified atom stereocenters. The maximum absolute atomic E-state index is 5.87. The minimum atomic E-state index is 0.402. The molecule has 2 fully saturated rings. The predicted octanol–water partition coefficient (Wildman–Crippen LogP) is 3.50. The molecule has 2 saturated heterocycles. The van der Waals surface area contributed by atoms with Crippen LogP contribution in [0.1, 0.15) is 65.2 Å². The normalized spacial score (nSPS) is 35.1. The fourth-order valence-corrected chi connectivity index (χ4v) is 3.44. The van der Waals surface area contributed by atoms with Crippen LogP contribution in [0.4, 0.5) is 0 Å². The van der Waals surface area contributed by atoms with Gasteiger partial charge in [0.25, 0.3) is 0 Å². The van der Waals surface area contributed by atoms with Gasteiger partial charge < -0.3 is 10.1 Å². The summed E-state index contributed by atoms with van der Waals surface area (Å²) in [7, 11) is 0. The maximum atomic E-state index is 5.87. The van der Waals surface area contributed by atoms with Crippen molar-refractivity contribution in [1.29, 1.82) is 0 Å². The van der Waals surface area contributed by atoms with Crippen molar-refractivity contribution in [3.8, 4) is 0 Å². The SMILES string of the molecule is CC(C)C1(CCC2CCCCO2)CCCCN1. The Bertz CT molecular complexity index is 215. The van der Waals surface area contributed by atoms with Crippen LogP contribution in [0.2, 0.25) is 0 Å². The monoisotopic (exact) mass is 239 g/mol. The van der Waals surface area contributed by atoms with Gasteiger partial charge in [0.05, 0.1) is 6.10 Å². The van der Waals surface area contributed by atoms with Crippen molar-refractivity contribution < 1.29 is 4.74 Å². The van der Waals surface area contributed by atoms with Crippen LogP contribution in [0.15, 0.2) is 0 Å². The number of hydrogen-bond donors (Lipinski definition) is 1. The molecule has 0 aromatic rings.